The molecule has 1 spiro atoms. The molecule has 0 unspecified atom stereocenters. The van der Waals surface area contributed by atoms with Crippen LogP contribution in [0.15, 0.2) is 29.2 Å². The largest absolute Gasteiger partial charge is 0.497 e. The molecule has 1 aromatic heterocycles. The Bertz CT molecular complexity index is 943. The van der Waals surface area contributed by atoms with Crippen LogP contribution in [0.2, 0.25) is 0 Å². The summed E-state index contributed by atoms with van der Waals surface area (Å²) in [5.74, 6) is 0.297. The number of fused-ring (bicyclic) bond motifs is 1. The quantitative estimate of drug-likeness (QED) is 0.838. The number of carbonyl (C=O) groups is 1. The van der Waals surface area contributed by atoms with Crippen LogP contribution in [-0.2, 0) is 4.74 Å². The molecule has 1 saturated heterocycles. The van der Waals surface area contributed by atoms with E-state index in [0.717, 1.165) is 0 Å². The predicted molar refractivity (Wildman–Crippen MR) is 105 cm³/mol. The third-order valence-electron chi connectivity index (χ3n) is 6.41. The van der Waals surface area contributed by atoms with E-state index in [4.69, 9.17) is 9.47 Å². The van der Waals surface area contributed by atoms with E-state index >= 15 is 0 Å². The molecule has 2 heterocycles. The number of benzene rings is 1. The lowest BCUT2D eigenvalue weighted by atomic mass is 9.58. The molecule has 2 aromatic rings. The molecule has 2 N–H and O–H groups in total. The molecule has 1 amide bonds. The number of piperidine rings is 1. The molecule has 1 saturated carbocycles. The van der Waals surface area contributed by atoms with Crippen LogP contribution in [0.1, 0.15) is 36.5 Å². The Hall–Kier alpha value is -2.38. The second-order valence-electron chi connectivity index (χ2n) is 7.66. The summed E-state index contributed by atoms with van der Waals surface area (Å²) in [5, 5.41) is 10.8. The summed E-state index contributed by atoms with van der Waals surface area (Å²) in [4.78, 5) is 30.6. The van der Waals surface area contributed by atoms with Crippen LogP contribution in [0.25, 0.3) is 10.9 Å². The monoisotopic (exact) mass is 386 g/mol. The Labute approximate surface area is 163 Å². The number of carbonyl (C=O) groups excluding carboxylic acids is 1. The van der Waals surface area contributed by atoms with Crippen molar-refractivity contribution in [3.63, 3.8) is 0 Å². The lowest BCUT2D eigenvalue weighted by molar-refractivity contribution is -0.207. The number of aromatic nitrogens is 1. The first-order chi connectivity index (χ1) is 13.5. The summed E-state index contributed by atoms with van der Waals surface area (Å²) < 4.78 is 11.0. The SMILES string of the molecule is CCO[C@@H]1C[C@H](O)C12CCN(C(=O)c1c[nH]c3ccc(OC)cc3c1=O)CC2. The molecule has 28 heavy (non-hydrogen) atoms. The molecule has 2 aliphatic rings. The van der Waals surface area contributed by atoms with Gasteiger partial charge < -0.3 is 24.5 Å². The van der Waals surface area contributed by atoms with Gasteiger partial charge >= 0.3 is 0 Å². The maximum atomic E-state index is 13.0. The Kier molecular flexibility index (Phi) is 4.89. The van der Waals surface area contributed by atoms with Crippen LogP contribution in [0.3, 0.4) is 0 Å². The Balaban J connectivity index is 1.54. The summed E-state index contributed by atoms with van der Waals surface area (Å²) >= 11 is 0. The van der Waals surface area contributed by atoms with Gasteiger partial charge in [-0.3, -0.25) is 9.59 Å². The van der Waals surface area contributed by atoms with Crippen molar-refractivity contribution >= 4 is 16.8 Å². The number of aliphatic hydroxyl groups excluding tert-OH is 1. The van der Waals surface area contributed by atoms with E-state index in [1.54, 1.807) is 30.2 Å². The van der Waals surface area contributed by atoms with E-state index in [0.29, 0.717) is 55.6 Å². The van der Waals surface area contributed by atoms with Crippen molar-refractivity contribution in [3.8, 4) is 5.75 Å². The van der Waals surface area contributed by atoms with Crippen molar-refractivity contribution < 1.29 is 19.4 Å². The summed E-state index contributed by atoms with van der Waals surface area (Å²) in [5.41, 5.74) is 0.244. The van der Waals surface area contributed by atoms with E-state index in [2.05, 4.69) is 4.98 Å². The number of H-pyrrole nitrogens is 1. The van der Waals surface area contributed by atoms with Crippen molar-refractivity contribution in [2.75, 3.05) is 26.8 Å². The van der Waals surface area contributed by atoms with Gasteiger partial charge in [-0.2, -0.15) is 0 Å². The molecule has 0 radical (unpaired) electrons. The second-order valence-corrected chi connectivity index (χ2v) is 7.66. The second kappa shape index (κ2) is 7.22. The first-order valence-electron chi connectivity index (χ1n) is 9.78. The first kappa shape index (κ1) is 19.0. The molecule has 4 rings (SSSR count). The van der Waals surface area contributed by atoms with Crippen LogP contribution in [0.4, 0.5) is 0 Å². The molecular formula is C21H26N2O5. The summed E-state index contributed by atoms with van der Waals surface area (Å²) in [6, 6.07) is 5.18. The predicted octanol–water partition coefficient (Wildman–Crippen LogP) is 1.93. The highest BCUT2D eigenvalue weighted by Gasteiger charge is 2.56. The number of hydrogen-bond acceptors (Lipinski definition) is 5. The summed E-state index contributed by atoms with van der Waals surface area (Å²) in [6.45, 7) is 3.60. The van der Waals surface area contributed by atoms with Crippen molar-refractivity contribution in [1.82, 2.24) is 9.88 Å². The number of rotatable bonds is 4. The number of amides is 1. The average molecular weight is 386 g/mol. The number of nitrogens with one attached hydrogen (secondary N) is 1. The number of likely N-dealkylation sites (tertiary alicyclic amines) is 1. The Morgan fingerprint density at radius 3 is 2.75 bits per heavy atom. The molecule has 150 valence electrons. The minimum absolute atomic E-state index is 0.0567. The fourth-order valence-corrected chi connectivity index (χ4v) is 4.60. The van der Waals surface area contributed by atoms with Crippen molar-refractivity contribution in [2.45, 2.75) is 38.4 Å². The molecule has 1 aliphatic heterocycles. The molecular weight excluding hydrogens is 360 g/mol. The van der Waals surface area contributed by atoms with Gasteiger partial charge in [0, 0.05) is 48.6 Å². The van der Waals surface area contributed by atoms with E-state index in [9.17, 15) is 14.7 Å². The lowest BCUT2D eigenvalue weighted by Gasteiger charge is -2.56. The fourth-order valence-electron chi connectivity index (χ4n) is 4.60. The molecule has 7 nitrogen and oxygen atoms in total. The fraction of sp³-hybridized carbons (Fsp3) is 0.524. The van der Waals surface area contributed by atoms with Crippen molar-refractivity contribution in [3.05, 3.63) is 40.2 Å². The molecule has 1 aliphatic carbocycles. The van der Waals surface area contributed by atoms with Gasteiger partial charge in [0.15, 0.2) is 0 Å². The zero-order valence-corrected chi connectivity index (χ0v) is 16.2. The van der Waals surface area contributed by atoms with Crippen LogP contribution in [-0.4, -0.2) is 59.9 Å². The van der Waals surface area contributed by atoms with E-state index in [-0.39, 0.29) is 34.5 Å². The van der Waals surface area contributed by atoms with Crippen LogP contribution in [0, 0.1) is 5.41 Å². The highest BCUT2D eigenvalue weighted by molar-refractivity contribution is 5.97. The molecule has 2 fully saturated rings. The minimum atomic E-state index is -0.377. The van der Waals surface area contributed by atoms with Gasteiger partial charge in [-0.1, -0.05) is 0 Å². The molecule has 0 bridgehead atoms. The topological polar surface area (TPSA) is 91.9 Å². The van der Waals surface area contributed by atoms with Crippen LogP contribution in [0.5, 0.6) is 5.75 Å². The average Bonchev–Trinajstić information content (AvgIpc) is 2.73. The van der Waals surface area contributed by atoms with Gasteiger partial charge in [-0.25, -0.2) is 0 Å². The van der Waals surface area contributed by atoms with Gasteiger partial charge in [-0.05, 0) is 38.0 Å². The number of nitrogens with zero attached hydrogens (tertiary/aromatic N) is 1. The molecule has 1 aromatic carbocycles. The maximum absolute atomic E-state index is 13.0. The number of hydrogen-bond donors (Lipinski definition) is 2. The number of pyridine rings is 1. The summed E-state index contributed by atoms with van der Waals surface area (Å²) in [6.07, 6.45) is 3.20. The lowest BCUT2D eigenvalue weighted by Crippen LogP contribution is -2.62. The van der Waals surface area contributed by atoms with Gasteiger partial charge in [0.05, 0.1) is 19.3 Å². The highest BCUT2D eigenvalue weighted by Crippen LogP contribution is 2.51. The number of aromatic amines is 1. The summed E-state index contributed by atoms with van der Waals surface area (Å²) in [7, 11) is 1.54. The van der Waals surface area contributed by atoms with Gasteiger partial charge in [0.25, 0.3) is 5.91 Å². The van der Waals surface area contributed by atoms with Crippen LogP contribution < -0.4 is 10.2 Å². The Morgan fingerprint density at radius 1 is 1.36 bits per heavy atom. The normalized spacial score (nSPS) is 23.6. The zero-order chi connectivity index (χ0) is 19.9. The van der Waals surface area contributed by atoms with E-state index in [1.807, 2.05) is 6.92 Å². The first-order valence-corrected chi connectivity index (χ1v) is 9.78. The third kappa shape index (κ3) is 2.89. The number of aliphatic hydroxyl groups is 1. The van der Waals surface area contributed by atoms with Crippen LogP contribution >= 0.6 is 0 Å². The number of ether oxygens (including phenoxy) is 2. The van der Waals surface area contributed by atoms with Gasteiger partial charge in [-0.15, -0.1) is 0 Å². The standard InChI is InChI=1S/C21H26N2O5/c1-3-28-18-11-17(24)21(18)6-8-23(9-7-21)20(26)15-12-22-16-5-4-13(27-2)10-14(16)19(15)25/h4-5,10,12,17-18,24H,3,6-9,11H2,1-2H3,(H,22,25)/t17-,18+/m0/s1. The van der Waals surface area contributed by atoms with Crippen molar-refractivity contribution in [2.24, 2.45) is 5.41 Å². The highest BCUT2D eigenvalue weighted by atomic mass is 16.5. The van der Waals surface area contributed by atoms with E-state index in [1.165, 1.54) is 6.20 Å². The third-order valence-corrected chi connectivity index (χ3v) is 6.41. The molecule has 7 heteroatoms. The van der Waals surface area contributed by atoms with E-state index < -0.39 is 0 Å². The van der Waals surface area contributed by atoms with Crippen molar-refractivity contribution in [1.29, 1.82) is 0 Å². The number of methoxy groups -OCH3 is 1. The smallest absolute Gasteiger partial charge is 0.259 e. The Morgan fingerprint density at radius 2 is 2.11 bits per heavy atom. The van der Waals surface area contributed by atoms with Gasteiger partial charge in [0.1, 0.15) is 11.3 Å². The minimum Gasteiger partial charge on any atom is -0.497 e. The zero-order valence-electron chi connectivity index (χ0n) is 16.2. The maximum Gasteiger partial charge on any atom is 0.259 e. The molecule has 2 atom stereocenters. The van der Waals surface area contributed by atoms with Gasteiger partial charge in [0.2, 0.25) is 5.43 Å².